The van der Waals surface area contributed by atoms with Gasteiger partial charge < -0.3 is 10.1 Å². The van der Waals surface area contributed by atoms with Crippen LogP contribution in [0.25, 0.3) is 11.8 Å². The van der Waals surface area contributed by atoms with E-state index in [0.717, 1.165) is 12.1 Å². The molecule has 1 N–H and O–H groups in total. The highest BCUT2D eigenvalue weighted by atomic mass is 19.2. The van der Waals surface area contributed by atoms with Gasteiger partial charge in [-0.3, -0.25) is 4.79 Å². The molecule has 1 amide bonds. The van der Waals surface area contributed by atoms with Crippen LogP contribution in [-0.2, 0) is 14.3 Å². The topological polar surface area (TPSA) is 73.2 Å². The van der Waals surface area contributed by atoms with Crippen molar-refractivity contribution in [2.24, 2.45) is 0 Å². The van der Waals surface area contributed by atoms with Crippen LogP contribution in [0.5, 0.6) is 0 Å². The second-order valence-electron chi connectivity index (χ2n) is 7.10. The minimum atomic E-state index is -1.73. The summed E-state index contributed by atoms with van der Waals surface area (Å²) in [6, 6.07) is 7.24. The number of carbonyl (C=O) groups excluding carboxylic acids is 2. The fraction of sp³-hybridized carbons (Fsp3) is 0.174. The Balaban J connectivity index is 1.67. The van der Waals surface area contributed by atoms with E-state index in [1.807, 2.05) is 5.32 Å². The number of aryl methyl sites for hydroxylation is 1. The molecule has 1 heterocycles. The third kappa shape index (κ3) is 5.28. The fourth-order valence-electron chi connectivity index (χ4n) is 3.00. The molecule has 0 spiro atoms. The smallest absolute Gasteiger partial charge is 0.331 e. The normalized spacial score (nSPS) is 12.1. The van der Waals surface area contributed by atoms with Crippen LogP contribution in [-0.4, -0.2) is 27.8 Å². The minimum absolute atomic E-state index is 0.381. The van der Waals surface area contributed by atoms with Crippen LogP contribution in [0, 0.1) is 37.1 Å². The van der Waals surface area contributed by atoms with Gasteiger partial charge in [0.25, 0.3) is 5.91 Å². The molecule has 0 radical (unpaired) electrons. The Kier molecular flexibility index (Phi) is 6.95. The van der Waals surface area contributed by atoms with Gasteiger partial charge in [0, 0.05) is 17.3 Å². The van der Waals surface area contributed by atoms with E-state index in [4.69, 9.17) is 4.74 Å². The van der Waals surface area contributed by atoms with E-state index < -0.39 is 41.1 Å². The average molecular weight is 461 g/mol. The van der Waals surface area contributed by atoms with Crippen molar-refractivity contribution < 1.29 is 31.9 Å². The van der Waals surface area contributed by atoms with Crippen LogP contribution in [0.4, 0.5) is 23.2 Å². The monoisotopic (exact) mass is 461 g/mol. The van der Waals surface area contributed by atoms with Crippen molar-refractivity contribution in [1.82, 2.24) is 9.78 Å². The van der Waals surface area contributed by atoms with Crippen LogP contribution >= 0.6 is 0 Å². The molecule has 0 fully saturated rings. The van der Waals surface area contributed by atoms with E-state index in [9.17, 15) is 27.2 Å². The lowest BCUT2D eigenvalue weighted by molar-refractivity contribution is -0.148. The van der Waals surface area contributed by atoms with Gasteiger partial charge in [0.1, 0.15) is 5.82 Å². The minimum Gasteiger partial charge on any atom is -0.449 e. The Hall–Kier alpha value is -3.95. The summed E-state index contributed by atoms with van der Waals surface area (Å²) in [7, 11) is 0. The second kappa shape index (κ2) is 9.68. The highest BCUT2D eigenvalue weighted by Crippen LogP contribution is 2.21. The van der Waals surface area contributed by atoms with Crippen molar-refractivity contribution in [2.45, 2.75) is 26.9 Å². The first kappa shape index (κ1) is 23.7. The number of nitrogens with one attached hydrogen (secondary N) is 1. The van der Waals surface area contributed by atoms with Crippen molar-refractivity contribution in [2.75, 3.05) is 5.32 Å². The summed E-state index contributed by atoms with van der Waals surface area (Å²) >= 11 is 0. The maximum Gasteiger partial charge on any atom is 0.331 e. The maximum atomic E-state index is 13.7. The Morgan fingerprint density at radius 3 is 2.36 bits per heavy atom. The zero-order valence-corrected chi connectivity index (χ0v) is 17.8. The number of anilines is 1. The van der Waals surface area contributed by atoms with Crippen molar-refractivity contribution in [3.05, 3.63) is 82.7 Å². The molecular formula is C23H19F4N3O3. The number of hydrogen-bond acceptors (Lipinski definition) is 4. The summed E-state index contributed by atoms with van der Waals surface area (Å²) in [5, 5.41) is 6.42. The number of benzene rings is 2. The summed E-state index contributed by atoms with van der Waals surface area (Å²) in [5.41, 5.74) is 1.95. The molecule has 1 atom stereocenters. The molecule has 1 unspecified atom stereocenters. The highest BCUT2D eigenvalue weighted by Gasteiger charge is 2.21. The standard InChI is InChI=1S/C23H19F4N3O3/c1-12-17(13(2)30(29-12)16-6-4-15(24)5-7-16)8-11-20(31)33-14(3)23(32)28-19-10-9-18(25)21(26)22(19)27/h4-11,14H,1-3H3,(H,28,32)/b11-8+. The number of ether oxygens (including phenoxy) is 1. The van der Waals surface area contributed by atoms with Crippen LogP contribution in [0.2, 0.25) is 0 Å². The van der Waals surface area contributed by atoms with Gasteiger partial charge in [-0.05, 0) is 63.2 Å². The molecule has 0 aliphatic heterocycles. The predicted molar refractivity (Wildman–Crippen MR) is 113 cm³/mol. The number of halogens is 4. The van der Waals surface area contributed by atoms with E-state index in [0.29, 0.717) is 28.7 Å². The quantitative estimate of drug-likeness (QED) is 0.252. The van der Waals surface area contributed by atoms with Gasteiger partial charge in [0.05, 0.1) is 17.1 Å². The van der Waals surface area contributed by atoms with E-state index in [2.05, 4.69) is 5.10 Å². The molecule has 0 bridgehead atoms. The van der Waals surface area contributed by atoms with Crippen LogP contribution in [0.15, 0.2) is 42.5 Å². The van der Waals surface area contributed by atoms with Crippen LogP contribution < -0.4 is 5.32 Å². The third-order valence-electron chi connectivity index (χ3n) is 4.76. The fourth-order valence-corrected chi connectivity index (χ4v) is 3.00. The number of amides is 1. The maximum absolute atomic E-state index is 13.7. The third-order valence-corrected chi connectivity index (χ3v) is 4.76. The average Bonchev–Trinajstić information content (AvgIpc) is 3.06. The molecule has 3 rings (SSSR count). The summed E-state index contributed by atoms with van der Waals surface area (Å²) < 4.78 is 59.7. The lowest BCUT2D eigenvalue weighted by atomic mass is 10.2. The first-order valence-corrected chi connectivity index (χ1v) is 9.73. The number of esters is 1. The SMILES string of the molecule is Cc1nn(-c2ccc(F)cc2)c(C)c1/C=C/C(=O)OC(C)C(=O)Nc1ccc(F)c(F)c1F. The van der Waals surface area contributed by atoms with Gasteiger partial charge in [-0.1, -0.05) is 0 Å². The van der Waals surface area contributed by atoms with Gasteiger partial charge in [0.2, 0.25) is 0 Å². The van der Waals surface area contributed by atoms with Crippen LogP contribution in [0.3, 0.4) is 0 Å². The molecule has 3 aromatic rings. The zero-order valence-electron chi connectivity index (χ0n) is 17.8. The van der Waals surface area contributed by atoms with Crippen molar-refractivity contribution in [3.8, 4) is 5.69 Å². The molecule has 0 saturated heterocycles. The van der Waals surface area contributed by atoms with E-state index in [1.54, 1.807) is 30.7 Å². The Morgan fingerprint density at radius 2 is 1.70 bits per heavy atom. The van der Waals surface area contributed by atoms with Crippen molar-refractivity contribution in [3.63, 3.8) is 0 Å². The van der Waals surface area contributed by atoms with Crippen LogP contribution in [0.1, 0.15) is 23.9 Å². The first-order valence-electron chi connectivity index (χ1n) is 9.73. The lowest BCUT2D eigenvalue weighted by Crippen LogP contribution is -2.30. The van der Waals surface area contributed by atoms with E-state index in [1.165, 1.54) is 25.1 Å². The molecular weight excluding hydrogens is 442 g/mol. The Morgan fingerprint density at radius 1 is 1.03 bits per heavy atom. The zero-order chi connectivity index (χ0) is 24.3. The van der Waals surface area contributed by atoms with E-state index >= 15 is 0 Å². The molecule has 0 aliphatic carbocycles. The van der Waals surface area contributed by atoms with Gasteiger partial charge in [-0.25, -0.2) is 27.0 Å². The Bertz CT molecular complexity index is 1240. The Labute approximate surface area is 186 Å². The predicted octanol–water partition coefficient (Wildman–Crippen LogP) is 4.63. The summed E-state index contributed by atoms with van der Waals surface area (Å²) in [6.45, 7) is 4.73. The lowest BCUT2D eigenvalue weighted by Gasteiger charge is -2.13. The summed E-state index contributed by atoms with van der Waals surface area (Å²) in [5.74, 6) is -6.87. The highest BCUT2D eigenvalue weighted by molar-refractivity contribution is 5.96. The van der Waals surface area contributed by atoms with Gasteiger partial charge >= 0.3 is 5.97 Å². The molecule has 0 aliphatic rings. The first-order chi connectivity index (χ1) is 15.6. The number of hydrogen-bond donors (Lipinski definition) is 1. The van der Waals surface area contributed by atoms with E-state index in [-0.39, 0.29) is 5.82 Å². The van der Waals surface area contributed by atoms with Gasteiger partial charge in [-0.15, -0.1) is 0 Å². The number of carbonyl (C=O) groups is 2. The number of rotatable bonds is 6. The largest absolute Gasteiger partial charge is 0.449 e. The second-order valence-corrected chi connectivity index (χ2v) is 7.10. The molecule has 10 heteroatoms. The number of aromatic nitrogens is 2. The summed E-state index contributed by atoms with van der Waals surface area (Å²) in [4.78, 5) is 24.3. The van der Waals surface area contributed by atoms with Gasteiger partial charge in [-0.2, -0.15) is 5.10 Å². The molecule has 33 heavy (non-hydrogen) atoms. The van der Waals surface area contributed by atoms with Crippen molar-refractivity contribution in [1.29, 1.82) is 0 Å². The molecule has 0 saturated carbocycles. The van der Waals surface area contributed by atoms with Gasteiger partial charge in [0.15, 0.2) is 23.6 Å². The number of nitrogens with zero attached hydrogens (tertiary/aromatic N) is 2. The van der Waals surface area contributed by atoms with Crippen molar-refractivity contribution >= 4 is 23.6 Å². The molecule has 172 valence electrons. The molecule has 1 aromatic heterocycles. The molecule has 6 nitrogen and oxygen atoms in total. The summed E-state index contributed by atoms with van der Waals surface area (Å²) in [6.07, 6.45) is 1.20. The molecule has 2 aromatic carbocycles.